The van der Waals surface area contributed by atoms with Gasteiger partial charge in [-0.3, -0.25) is 9.48 Å². The van der Waals surface area contributed by atoms with Gasteiger partial charge in [0.1, 0.15) is 0 Å². The number of rotatable bonds is 6. The van der Waals surface area contributed by atoms with Crippen LogP contribution in [0, 0.1) is 5.92 Å². The molecule has 1 aromatic rings. The van der Waals surface area contributed by atoms with E-state index in [9.17, 15) is 4.79 Å². The van der Waals surface area contributed by atoms with E-state index in [4.69, 9.17) is 0 Å². The molecule has 2 N–H and O–H groups in total. The van der Waals surface area contributed by atoms with Crippen molar-refractivity contribution >= 4 is 5.91 Å². The minimum atomic E-state index is 0.0298. The number of carbonyl (C=O) groups is 1. The molecule has 0 saturated heterocycles. The Kier molecular flexibility index (Phi) is 5.15. The van der Waals surface area contributed by atoms with E-state index < -0.39 is 0 Å². The molecule has 0 aromatic carbocycles. The summed E-state index contributed by atoms with van der Waals surface area (Å²) in [6.45, 7) is 7.14. The molecule has 5 nitrogen and oxygen atoms in total. The van der Waals surface area contributed by atoms with Crippen molar-refractivity contribution in [2.24, 2.45) is 13.0 Å². The van der Waals surface area contributed by atoms with E-state index in [0.717, 1.165) is 5.69 Å². The van der Waals surface area contributed by atoms with Crippen molar-refractivity contribution in [3.05, 3.63) is 18.0 Å². The summed E-state index contributed by atoms with van der Waals surface area (Å²) in [6.07, 6.45) is 1.89. The number of nitrogens with zero attached hydrogens (tertiary/aromatic N) is 2. The average molecular weight is 238 g/mol. The SMILES string of the molecule is CC(C)C(C)NC(=O)CNCc1ccn(C)n1. The molecular weight excluding hydrogens is 216 g/mol. The molecule has 1 atom stereocenters. The van der Waals surface area contributed by atoms with Crippen LogP contribution in [-0.4, -0.2) is 28.3 Å². The largest absolute Gasteiger partial charge is 0.352 e. The van der Waals surface area contributed by atoms with Crippen LogP contribution in [0.2, 0.25) is 0 Å². The summed E-state index contributed by atoms with van der Waals surface area (Å²) in [5.74, 6) is 0.483. The smallest absolute Gasteiger partial charge is 0.234 e. The molecule has 1 rings (SSSR count). The molecule has 0 aliphatic rings. The number of hydrogen-bond donors (Lipinski definition) is 2. The van der Waals surface area contributed by atoms with Crippen LogP contribution in [0.15, 0.2) is 12.3 Å². The molecule has 1 aromatic heterocycles. The number of aryl methyl sites for hydroxylation is 1. The van der Waals surface area contributed by atoms with Crippen LogP contribution in [-0.2, 0) is 18.4 Å². The van der Waals surface area contributed by atoms with Gasteiger partial charge in [0, 0.05) is 25.8 Å². The summed E-state index contributed by atoms with van der Waals surface area (Å²) < 4.78 is 1.75. The monoisotopic (exact) mass is 238 g/mol. The Labute approximate surface area is 103 Å². The summed E-state index contributed by atoms with van der Waals surface area (Å²) in [5.41, 5.74) is 0.942. The Morgan fingerprint density at radius 2 is 2.18 bits per heavy atom. The van der Waals surface area contributed by atoms with Gasteiger partial charge in [-0.15, -0.1) is 0 Å². The van der Waals surface area contributed by atoms with Gasteiger partial charge in [0.05, 0.1) is 12.2 Å². The van der Waals surface area contributed by atoms with Gasteiger partial charge in [0.2, 0.25) is 5.91 Å². The number of nitrogens with one attached hydrogen (secondary N) is 2. The van der Waals surface area contributed by atoms with E-state index in [1.807, 2.05) is 26.2 Å². The summed E-state index contributed by atoms with van der Waals surface area (Å²) in [4.78, 5) is 11.6. The van der Waals surface area contributed by atoms with Gasteiger partial charge in [-0.05, 0) is 18.9 Å². The predicted octanol–water partition coefficient (Wildman–Crippen LogP) is 0.670. The van der Waals surface area contributed by atoms with Crippen molar-refractivity contribution in [3.63, 3.8) is 0 Å². The molecule has 96 valence electrons. The average Bonchev–Trinajstić information content (AvgIpc) is 2.64. The fourth-order valence-corrected chi connectivity index (χ4v) is 1.33. The molecule has 0 aliphatic heterocycles. The fourth-order valence-electron chi connectivity index (χ4n) is 1.33. The molecule has 1 amide bonds. The third-order valence-electron chi connectivity index (χ3n) is 2.75. The number of amides is 1. The Morgan fingerprint density at radius 1 is 1.47 bits per heavy atom. The van der Waals surface area contributed by atoms with Crippen LogP contribution in [0.25, 0.3) is 0 Å². The van der Waals surface area contributed by atoms with Crippen molar-refractivity contribution in [2.75, 3.05) is 6.54 Å². The second kappa shape index (κ2) is 6.39. The van der Waals surface area contributed by atoms with Crippen LogP contribution >= 0.6 is 0 Å². The van der Waals surface area contributed by atoms with E-state index in [-0.39, 0.29) is 11.9 Å². The summed E-state index contributed by atoms with van der Waals surface area (Å²) in [7, 11) is 1.88. The third kappa shape index (κ3) is 4.99. The van der Waals surface area contributed by atoms with Crippen LogP contribution in [0.1, 0.15) is 26.5 Å². The summed E-state index contributed by atoms with van der Waals surface area (Å²) in [6, 6.07) is 2.14. The first kappa shape index (κ1) is 13.7. The Bertz CT molecular complexity index is 359. The first-order chi connectivity index (χ1) is 7.99. The number of aromatic nitrogens is 2. The molecule has 1 heterocycles. The molecule has 5 heteroatoms. The highest BCUT2D eigenvalue weighted by atomic mass is 16.1. The molecular formula is C12H22N4O. The number of hydrogen-bond acceptors (Lipinski definition) is 3. The van der Waals surface area contributed by atoms with Crippen LogP contribution < -0.4 is 10.6 Å². The zero-order valence-corrected chi connectivity index (χ0v) is 11.0. The molecule has 0 bridgehead atoms. The summed E-state index contributed by atoms with van der Waals surface area (Å²) in [5, 5.41) is 10.2. The van der Waals surface area contributed by atoms with Gasteiger partial charge >= 0.3 is 0 Å². The zero-order valence-electron chi connectivity index (χ0n) is 11.0. The molecule has 0 saturated carbocycles. The lowest BCUT2D eigenvalue weighted by Crippen LogP contribution is -2.41. The lowest BCUT2D eigenvalue weighted by molar-refractivity contribution is -0.121. The van der Waals surface area contributed by atoms with Crippen molar-refractivity contribution in [2.45, 2.75) is 33.4 Å². The van der Waals surface area contributed by atoms with E-state index >= 15 is 0 Å². The maximum absolute atomic E-state index is 11.6. The Hall–Kier alpha value is -1.36. The van der Waals surface area contributed by atoms with Crippen molar-refractivity contribution in [1.82, 2.24) is 20.4 Å². The molecule has 17 heavy (non-hydrogen) atoms. The van der Waals surface area contributed by atoms with Crippen LogP contribution in [0.4, 0.5) is 0 Å². The van der Waals surface area contributed by atoms with Crippen LogP contribution in [0.3, 0.4) is 0 Å². The highest BCUT2D eigenvalue weighted by Crippen LogP contribution is 1.99. The highest BCUT2D eigenvalue weighted by Gasteiger charge is 2.10. The minimum Gasteiger partial charge on any atom is -0.352 e. The second-order valence-electron chi connectivity index (χ2n) is 4.68. The van der Waals surface area contributed by atoms with Gasteiger partial charge in [0.15, 0.2) is 0 Å². The maximum Gasteiger partial charge on any atom is 0.234 e. The summed E-state index contributed by atoms with van der Waals surface area (Å²) >= 11 is 0. The Morgan fingerprint density at radius 3 is 2.71 bits per heavy atom. The number of carbonyl (C=O) groups excluding carboxylic acids is 1. The van der Waals surface area contributed by atoms with Crippen molar-refractivity contribution < 1.29 is 4.79 Å². The van der Waals surface area contributed by atoms with E-state index in [0.29, 0.717) is 19.0 Å². The van der Waals surface area contributed by atoms with Crippen molar-refractivity contribution in [1.29, 1.82) is 0 Å². The maximum atomic E-state index is 11.6. The standard InChI is InChI=1S/C12H22N4O/c1-9(2)10(3)14-12(17)8-13-7-11-5-6-16(4)15-11/h5-6,9-10,13H,7-8H2,1-4H3,(H,14,17). The van der Waals surface area contributed by atoms with Gasteiger partial charge < -0.3 is 10.6 Å². The first-order valence-electron chi connectivity index (χ1n) is 5.97. The predicted molar refractivity (Wildman–Crippen MR) is 67.4 cm³/mol. The molecule has 0 radical (unpaired) electrons. The zero-order chi connectivity index (χ0) is 12.8. The fraction of sp³-hybridized carbons (Fsp3) is 0.667. The van der Waals surface area contributed by atoms with Gasteiger partial charge in [0.25, 0.3) is 0 Å². The Balaban J connectivity index is 2.20. The second-order valence-corrected chi connectivity index (χ2v) is 4.68. The van der Waals surface area contributed by atoms with Crippen molar-refractivity contribution in [3.8, 4) is 0 Å². The highest BCUT2D eigenvalue weighted by molar-refractivity contribution is 5.78. The lowest BCUT2D eigenvalue weighted by atomic mass is 10.1. The van der Waals surface area contributed by atoms with Gasteiger partial charge in [-0.2, -0.15) is 5.10 Å². The lowest BCUT2D eigenvalue weighted by Gasteiger charge is -2.17. The van der Waals surface area contributed by atoms with E-state index in [2.05, 4.69) is 29.6 Å². The molecule has 0 spiro atoms. The molecule has 0 fully saturated rings. The molecule has 0 aliphatic carbocycles. The van der Waals surface area contributed by atoms with Crippen LogP contribution in [0.5, 0.6) is 0 Å². The van der Waals surface area contributed by atoms with E-state index in [1.165, 1.54) is 0 Å². The normalized spacial score (nSPS) is 12.8. The van der Waals surface area contributed by atoms with Gasteiger partial charge in [-0.25, -0.2) is 0 Å². The third-order valence-corrected chi connectivity index (χ3v) is 2.75. The minimum absolute atomic E-state index is 0.0298. The quantitative estimate of drug-likeness (QED) is 0.766. The van der Waals surface area contributed by atoms with Gasteiger partial charge in [-0.1, -0.05) is 13.8 Å². The van der Waals surface area contributed by atoms with E-state index in [1.54, 1.807) is 4.68 Å². The molecule has 1 unspecified atom stereocenters. The first-order valence-corrected chi connectivity index (χ1v) is 5.97. The topological polar surface area (TPSA) is 59.0 Å².